The number of hydrogen-bond donors (Lipinski definition) is 5. The summed E-state index contributed by atoms with van der Waals surface area (Å²) in [5, 5.41) is 12.7. The Morgan fingerprint density at radius 3 is 2.57 bits per heavy atom. The minimum Gasteiger partial charge on any atom is -0.490 e. The number of benzene rings is 1. The number of nitrogens with one attached hydrogen (secondary N) is 1. The fraction of sp³-hybridized carbons (Fsp3) is 0.417. The maximum atomic E-state index is 13.1. The predicted molar refractivity (Wildman–Crippen MR) is 163 cm³/mol. The third-order valence-corrected chi connectivity index (χ3v) is 10.1. The molecule has 0 radical (unpaired) electrons. The average molecular weight is 672 g/mol. The lowest BCUT2D eigenvalue weighted by Crippen LogP contribution is -2.65. The molecule has 3 aromatic rings. The number of thiazole rings is 1. The smallest absolute Gasteiger partial charge is 0.414 e. The molecule has 1 aliphatic rings. The molecule has 240 valence electrons. The standard InChI is InChI=1S/C24H34N9O8PS2/c1-24(2)22(42(35)33(24)41-44(36,37)38)29-21(34)20(19-14-43-23(27)28-19)31-40-11-10-39-17-6-4-15(5-7-17)18-12-16(13-26)32(30-18)9-3-8-25/h4-7,12,14,22,42H,3,8-11,13,25-26H2,1-2H3,(H2,27,28)(H,29,34)(H,36,37,38)/b31-20-. The maximum Gasteiger partial charge on any atom is 0.414 e. The monoisotopic (exact) mass is 671 g/mol. The van der Waals surface area contributed by atoms with Gasteiger partial charge in [0.25, 0.3) is 5.91 Å². The van der Waals surface area contributed by atoms with E-state index in [1.807, 2.05) is 22.9 Å². The highest BCUT2D eigenvalue weighted by atomic mass is 32.3. The Labute approximate surface area is 258 Å². The first-order chi connectivity index (χ1) is 20.8. The molecule has 2 atom stereocenters. The van der Waals surface area contributed by atoms with Gasteiger partial charge >= 0.3 is 10.4 Å². The number of hydrogen-bond acceptors (Lipinski definition) is 14. The first-order valence-corrected chi connectivity index (χ1v) is 16.9. The number of ether oxygens (including phenoxy) is 1. The molecule has 4 rings (SSSR count). The summed E-state index contributed by atoms with van der Waals surface area (Å²) in [7, 11) is -7.89. The molecule has 20 heteroatoms. The van der Waals surface area contributed by atoms with Crippen molar-refractivity contribution in [3.63, 3.8) is 0 Å². The Morgan fingerprint density at radius 2 is 1.98 bits per heavy atom. The fourth-order valence-corrected chi connectivity index (χ4v) is 7.46. The Kier molecular flexibility index (Phi) is 10.7. The molecule has 2 unspecified atom stereocenters. The Balaban J connectivity index is 1.35. The van der Waals surface area contributed by atoms with E-state index < -0.39 is 35.6 Å². The van der Waals surface area contributed by atoms with Gasteiger partial charge in [0.15, 0.2) is 25.4 Å². The maximum absolute atomic E-state index is 13.1. The zero-order valence-electron chi connectivity index (χ0n) is 23.9. The zero-order valence-corrected chi connectivity index (χ0v) is 26.5. The summed E-state index contributed by atoms with van der Waals surface area (Å²) < 4.78 is 55.7. The normalized spacial score (nSPS) is 18.5. The summed E-state index contributed by atoms with van der Waals surface area (Å²) in [6.45, 7) is 4.62. The molecule has 1 amide bonds. The number of anilines is 1. The van der Waals surface area contributed by atoms with Crippen LogP contribution >= 0.6 is 19.3 Å². The van der Waals surface area contributed by atoms with E-state index in [0.717, 1.165) is 34.7 Å². The minimum atomic E-state index is -4.90. The number of aromatic nitrogens is 3. The number of nitrogens with two attached hydrogens (primary N) is 3. The van der Waals surface area contributed by atoms with Crippen LogP contribution in [0.2, 0.25) is 0 Å². The van der Waals surface area contributed by atoms with Crippen LogP contribution < -0.4 is 27.3 Å². The van der Waals surface area contributed by atoms with Gasteiger partial charge in [0.2, 0.25) is 0 Å². The second-order valence-corrected chi connectivity index (χ2v) is 13.6. The van der Waals surface area contributed by atoms with Crippen molar-refractivity contribution in [3.05, 3.63) is 47.1 Å². The Morgan fingerprint density at radius 1 is 1.25 bits per heavy atom. The number of amides is 1. The summed E-state index contributed by atoms with van der Waals surface area (Å²) in [6, 6.07) is 9.25. The average Bonchev–Trinajstić information content (AvgIpc) is 3.60. The summed E-state index contributed by atoms with van der Waals surface area (Å²) in [5.41, 5.74) is 18.4. The lowest BCUT2D eigenvalue weighted by atomic mass is 10.1. The zero-order chi connectivity index (χ0) is 32.1. The molecule has 2 aromatic heterocycles. The van der Waals surface area contributed by atoms with E-state index in [9.17, 15) is 17.8 Å². The molecule has 3 heterocycles. The van der Waals surface area contributed by atoms with Crippen molar-refractivity contribution in [1.29, 1.82) is 0 Å². The van der Waals surface area contributed by atoms with Gasteiger partial charge in [-0.2, -0.15) is 13.5 Å². The van der Waals surface area contributed by atoms with Crippen molar-refractivity contribution < 1.29 is 36.2 Å². The number of rotatable bonds is 15. The van der Waals surface area contributed by atoms with Gasteiger partial charge in [-0.1, -0.05) is 5.16 Å². The molecule has 17 nitrogen and oxygen atoms in total. The molecule has 0 saturated carbocycles. The van der Waals surface area contributed by atoms with E-state index >= 15 is 0 Å². The van der Waals surface area contributed by atoms with Crippen LogP contribution in [0.5, 0.6) is 5.75 Å². The lowest BCUT2D eigenvalue weighted by Gasteiger charge is -2.50. The predicted octanol–water partition coefficient (Wildman–Crippen LogP) is 0.942. The molecule has 0 aliphatic carbocycles. The Hall–Kier alpha value is -3.42. The number of hydroxylamine groups is 1. The summed E-state index contributed by atoms with van der Waals surface area (Å²) >= 11 is 1.07. The first kappa shape index (κ1) is 33.5. The third-order valence-electron chi connectivity index (χ3n) is 6.50. The van der Waals surface area contributed by atoms with Gasteiger partial charge < -0.3 is 36.7 Å². The van der Waals surface area contributed by atoms with Gasteiger partial charge in [0.1, 0.15) is 23.8 Å². The second kappa shape index (κ2) is 14.1. The van der Waals surface area contributed by atoms with Crippen LogP contribution in [0.15, 0.2) is 40.9 Å². The van der Waals surface area contributed by atoms with Gasteiger partial charge in [-0.25, -0.2) is 4.98 Å². The van der Waals surface area contributed by atoms with Crippen LogP contribution in [0.4, 0.5) is 5.13 Å². The number of carbonyl (C=O) groups excluding carboxylic acids is 1. The molecule has 1 saturated heterocycles. The summed E-state index contributed by atoms with van der Waals surface area (Å²) in [6.07, 6.45) is 0.797. The van der Waals surface area contributed by atoms with Crippen LogP contribution in [-0.4, -0.2) is 75.3 Å². The van der Waals surface area contributed by atoms with Crippen LogP contribution in [0.25, 0.3) is 11.3 Å². The van der Waals surface area contributed by atoms with Crippen molar-refractivity contribution in [2.24, 2.45) is 16.6 Å². The molecule has 0 spiro atoms. The van der Waals surface area contributed by atoms with Crippen LogP contribution in [-0.2, 0) is 42.0 Å². The van der Waals surface area contributed by atoms with Crippen molar-refractivity contribution in [3.8, 4) is 17.0 Å². The topological polar surface area (TPSA) is 253 Å². The number of nitrogens with zero attached hydrogens (tertiary/aromatic N) is 5. The number of oxime groups is 1. The molecular weight excluding hydrogens is 637 g/mol. The number of aryl methyl sites for hydroxylation is 1. The third kappa shape index (κ3) is 7.99. The molecule has 1 aromatic carbocycles. The van der Waals surface area contributed by atoms with Crippen molar-refractivity contribution >= 4 is 46.4 Å². The molecular formula is C24H34N9O8PS2. The van der Waals surface area contributed by atoms with E-state index in [4.69, 9.17) is 31.3 Å². The highest BCUT2D eigenvalue weighted by Gasteiger charge is 2.57. The van der Waals surface area contributed by atoms with Gasteiger partial charge in [0, 0.05) is 24.0 Å². The van der Waals surface area contributed by atoms with Crippen LogP contribution in [0, 0.1) is 0 Å². The lowest BCUT2D eigenvalue weighted by molar-refractivity contribution is -0.120. The quantitative estimate of drug-likeness (QED) is 0.0496. The van der Waals surface area contributed by atoms with Gasteiger partial charge in [-0.3, -0.25) is 14.0 Å². The van der Waals surface area contributed by atoms with E-state index in [1.165, 1.54) is 19.2 Å². The first-order valence-electron chi connectivity index (χ1n) is 13.3. The molecule has 44 heavy (non-hydrogen) atoms. The summed E-state index contributed by atoms with van der Waals surface area (Å²) in [5.74, 6) is -1.24. The SMILES string of the molecule is CC1(C)C(NC(=O)/C(=N\OCCOc2ccc(-c3cc(CN)n(CCCN)n3)cc2)c2csc(N)n2)[PH](=O)N1OS(=O)(=O)O. The van der Waals surface area contributed by atoms with Crippen LogP contribution in [0.1, 0.15) is 31.7 Å². The van der Waals surface area contributed by atoms with Crippen molar-refractivity contribution in [2.45, 2.75) is 44.7 Å². The second-order valence-electron chi connectivity index (χ2n) is 10.0. The summed E-state index contributed by atoms with van der Waals surface area (Å²) in [4.78, 5) is 23.1. The number of carbonyl (C=O) groups is 1. The Bertz CT molecular complexity index is 1630. The molecule has 8 N–H and O–H groups in total. The minimum absolute atomic E-state index is 0.0367. The highest BCUT2D eigenvalue weighted by Crippen LogP contribution is 2.55. The molecule has 1 aliphatic heterocycles. The highest BCUT2D eigenvalue weighted by molar-refractivity contribution is 7.81. The largest absolute Gasteiger partial charge is 0.490 e. The van der Waals surface area contributed by atoms with E-state index in [0.29, 0.717) is 30.2 Å². The van der Waals surface area contributed by atoms with Gasteiger partial charge in [0.05, 0.1) is 16.9 Å². The molecule has 1 fully saturated rings. The van der Waals surface area contributed by atoms with Gasteiger partial charge in [-0.15, -0.1) is 20.5 Å². The fourth-order valence-electron chi connectivity index (χ4n) is 4.24. The van der Waals surface area contributed by atoms with E-state index in [1.54, 1.807) is 12.1 Å². The van der Waals surface area contributed by atoms with Crippen molar-refractivity contribution in [2.75, 3.05) is 25.5 Å². The van der Waals surface area contributed by atoms with E-state index in [-0.39, 0.29) is 29.8 Å². The van der Waals surface area contributed by atoms with Crippen molar-refractivity contribution in [1.82, 2.24) is 24.9 Å². The number of nitrogen functional groups attached to an aromatic ring is 1. The van der Waals surface area contributed by atoms with Gasteiger partial charge in [-0.05, 0) is 57.1 Å². The molecule has 0 bridgehead atoms. The van der Waals surface area contributed by atoms with E-state index in [2.05, 4.69) is 24.8 Å². The van der Waals surface area contributed by atoms with Crippen LogP contribution in [0.3, 0.4) is 0 Å².